The summed E-state index contributed by atoms with van der Waals surface area (Å²) in [6.45, 7) is 6.24. The van der Waals surface area contributed by atoms with Gasteiger partial charge in [0, 0.05) is 17.5 Å². The van der Waals surface area contributed by atoms with E-state index in [0.717, 1.165) is 39.4 Å². The number of carbonyl (C=O) groups excluding carboxylic acids is 1. The Morgan fingerprint density at radius 1 is 1.28 bits per heavy atom. The van der Waals surface area contributed by atoms with Crippen molar-refractivity contribution in [2.75, 3.05) is 7.11 Å². The second kappa shape index (κ2) is 8.22. The van der Waals surface area contributed by atoms with Gasteiger partial charge in [0.15, 0.2) is 10.8 Å². The molecule has 2 aromatic heterocycles. The second-order valence-corrected chi connectivity index (χ2v) is 9.33. The average molecular weight is 413 g/mol. The number of ether oxygens (including phenoxy) is 1. The maximum atomic E-state index is 12.8. The number of hydrogen-bond donors (Lipinski definition) is 1. The van der Waals surface area contributed by atoms with Crippen molar-refractivity contribution in [2.24, 2.45) is 5.92 Å². The highest BCUT2D eigenvalue weighted by Gasteiger charge is 2.26. The number of benzene rings is 1. The predicted molar refractivity (Wildman–Crippen MR) is 117 cm³/mol. The minimum atomic E-state index is -0.251. The van der Waals surface area contributed by atoms with Crippen LogP contribution in [0.3, 0.4) is 0 Å². The lowest BCUT2D eigenvalue weighted by atomic mass is 9.86. The minimum Gasteiger partial charge on any atom is -0.497 e. The van der Waals surface area contributed by atoms with Crippen molar-refractivity contribution in [1.82, 2.24) is 19.9 Å². The third-order valence-electron chi connectivity index (χ3n) is 5.97. The molecule has 0 saturated heterocycles. The summed E-state index contributed by atoms with van der Waals surface area (Å²) in [4.78, 5) is 12.8. The lowest BCUT2D eigenvalue weighted by Gasteiger charge is -2.30. The molecule has 3 aromatic rings. The van der Waals surface area contributed by atoms with E-state index in [1.807, 2.05) is 29.5 Å². The van der Waals surface area contributed by atoms with Crippen molar-refractivity contribution in [3.8, 4) is 5.75 Å². The van der Waals surface area contributed by atoms with Crippen molar-refractivity contribution in [1.29, 1.82) is 0 Å². The molecule has 1 aromatic carbocycles. The highest BCUT2D eigenvalue weighted by Crippen LogP contribution is 2.30. The van der Waals surface area contributed by atoms with E-state index >= 15 is 0 Å². The zero-order valence-electron chi connectivity index (χ0n) is 17.4. The first kappa shape index (κ1) is 20.0. The summed E-state index contributed by atoms with van der Waals surface area (Å²) in [5, 5.41) is 13.6. The summed E-state index contributed by atoms with van der Waals surface area (Å²) >= 11 is 1.45. The summed E-state index contributed by atoms with van der Waals surface area (Å²) in [6.07, 6.45) is 4.72. The van der Waals surface area contributed by atoms with E-state index in [-0.39, 0.29) is 17.2 Å². The number of pyridine rings is 1. The quantitative estimate of drug-likeness (QED) is 0.630. The molecule has 4 rings (SSSR count). The molecule has 3 atom stereocenters. The molecule has 1 aliphatic rings. The summed E-state index contributed by atoms with van der Waals surface area (Å²) in [5.41, 5.74) is 2.90. The zero-order chi connectivity index (χ0) is 20.5. The van der Waals surface area contributed by atoms with Crippen LogP contribution < -0.4 is 10.1 Å². The van der Waals surface area contributed by atoms with E-state index in [2.05, 4.69) is 35.4 Å². The van der Waals surface area contributed by atoms with Crippen molar-refractivity contribution >= 4 is 34.2 Å². The summed E-state index contributed by atoms with van der Waals surface area (Å²) in [5.74, 6) is 1.39. The van der Waals surface area contributed by atoms with Crippen LogP contribution in [-0.4, -0.2) is 38.9 Å². The number of carbonyl (C=O) groups is 1. The third-order valence-corrected chi connectivity index (χ3v) is 7.01. The van der Waals surface area contributed by atoms with Gasteiger partial charge in [0.2, 0.25) is 5.91 Å². The van der Waals surface area contributed by atoms with Gasteiger partial charge in [-0.3, -0.25) is 9.20 Å². The van der Waals surface area contributed by atoms with Crippen LogP contribution in [0.15, 0.2) is 29.4 Å². The smallest absolute Gasteiger partial charge is 0.233 e. The van der Waals surface area contributed by atoms with E-state index in [1.54, 1.807) is 7.11 Å². The largest absolute Gasteiger partial charge is 0.497 e. The van der Waals surface area contributed by atoms with Gasteiger partial charge in [-0.05, 0) is 56.4 Å². The fraction of sp³-hybridized carbons (Fsp3) is 0.500. The Bertz CT molecular complexity index is 1050. The van der Waals surface area contributed by atoms with Gasteiger partial charge < -0.3 is 10.1 Å². The average Bonchev–Trinajstić information content (AvgIpc) is 3.11. The van der Waals surface area contributed by atoms with Crippen molar-refractivity contribution in [2.45, 2.75) is 62.9 Å². The molecule has 0 spiro atoms. The molecule has 154 valence electrons. The van der Waals surface area contributed by atoms with E-state index < -0.39 is 0 Å². The molecule has 1 amide bonds. The number of thioether (sulfide) groups is 1. The van der Waals surface area contributed by atoms with E-state index in [0.29, 0.717) is 5.92 Å². The van der Waals surface area contributed by atoms with Crippen molar-refractivity contribution < 1.29 is 9.53 Å². The van der Waals surface area contributed by atoms with E-state index in [4.69, 9.17) is 4.74 Å². The fourth-order valence-electron chi connectivity index (χ4n) is 4.15. The van der Waals surface area contributed by atoms with Gasteiger partial charge in [0.25, 0.3) is 0 Å². The number of hydrogen-bond acceptors (Lipinski definition) is 5. The van der Waals surface area contributed by atoms with Crippen LogP contribution in [0.1, 0.15) is 45.1 Å². The Kier molecular flexibility index (Phi) is 5.67. The first-order chi connectivity index (χ1) is 14.0. The molecule has 1 fully saturated rings. The first-order valence-electron chi connectivity index (χ1n) is 10.3. The van der Waals surface area contributed by atoms with Gasteiger partial charge in [-0.1, -0.05) is 31.5 Å². The van der Waals surface area contributed by atoms with Crippen LogP contribution in [0.25, 0.3) is 16.6 Å². The number of aromatic nitrogens is 3. The van der Waals surface area contributed by atoms with Crippen molar-refractivity contribution in [3.05, 3.63) is 29.8 Å². The second-order valence-electron chi connectivity index (χ2n) is 8.02. The Morgan fingerprint density at radius 2 is 2.07 bits per heavy atom. The molecule has 29 heavy (non-hydrogen) atoms. The molecule has 7 heteroatoms. The third kappa shape index (κ3) is 3.92. The monoisotopic (exact) mass is 412 g/mol. The maximum Gasteiger partial charge on any atom is 0.233 e. The van der Waals surface area contributed by atoms with Crippen molar-refractivity contribution in [3.63, 3.8) is 0 Å². The lowest BCUT2D eigenvalue weighted by molar-refractivity contribution is -0.121. The number of rotatable bonds is 5. The Balaban J connectivity index is 1.62. The normalized spacial score (nSPS) is 20.7. The van der Waals surface area contributed by atoms with Gasteiger partial charge in [0.05, 0.1) is 17.9 Å². The predicted octanol–water partition coefficient (Wildman–Crippen LogP) is 4.38. The molecular weight excluding hydrogens is 384 g/mol. The Hall–Kier alpha value is -2.28. The number of fused-ring (bicyclic) bond motifs is 3. The number of nitrogens with zero attached hydrogens (tertiary/aromatic N) is 3. The van der Waals surface area contributed by atoms with Gasteiger partial charge in [-0.25, -0.2) is 0 Å². The number of nitrogens with one attached hydrogen (secondary N) is 1. The van der Waals surface area contributed by atoms with Crippen LogP contribution >= 0.6 is 11.8 Å². The Morgan fingerprint density at radius 3 is 2.83 bits per heavy atom. The highest BCUT2D eigenvalue weighted by atomic mass is 32.2. The van der Waals surface area contributed by atoms with Gasteiger partial charge in [-0.2, -0.15) is 0 Å². The van der Waals surface area contributed by atoms with Gasteiger partial charge in [-0.15, -0.1) is 10.2 Å². The molecule has 2 heterocycles. The number of aryl methyl sites for hydroxylation is 1. The Labute approximate surface area is 175 Å². The van der Waals surface area contributed by atoms with Crippen LogP contribution in [0, 0.1) is 12.8 Å². The standard InChI is InChI=1S/C22H28N4O2S/c1-13-7-5-6-8-18(13)23-21(27)15(3)29-22-25-24-20-11-14(2)17-10-9-16(28-4)12-19(17)26(20)22/h9-13,15,18H,5-8H2,1-4H3,(H,23,27). The summed E-state index contributed by atoms with van der Waals surface area (Å²) in [7, 11) is 1.66. The van der Waals surface area contributed by atoms with Gasteiger partial charge >= 0.3 is 0 Å². The molecule has 0 radical (unpaired) electrons. The highest BCUT2D eigenvalue weighted by molar-refractivity contribution is 8.00. The molecule has 1 saturated carbocycles. The van der Waals surface area contributed by atoms with Crippen LogP contribution in [0.5, 0.6) is 5.75 Å². The molecular formula is C22H28N4O2S. The van der Waals surface area contributed by atoms with Crippen LogP contribution in [0.2, 0.25) is 0 Å². The van der Waals surface area contributed by atoms with Gasteiger partial charge in [0.1, 0.15) is 5.75 Å². The minimum absolute atomic E-state index is 0.0690. The molecule has 0 aliphatic heterocycles. The van der Waals surface area contributed by atoms with E-state index in [9.17, 15) is 4.79 Å². The number of methoxy groups -OCH3 is 1. The summed E-state index contributed by atoms with van der Waals surface area (Å²) < 4.78 is 7.43. The topological polar surface area (TPSA) is 68.5 Å². The molecule has 3 unspecified atom stereocenters. The SMILES string of the molecule is COc1ccc2c(C)cc3nnc(SC(C)C(=O)NC4CCCCC4C)n3c2c1. The maximum absolute atomic E-state index is 12.8. The fourth-order valence-corrected chi connectivity index (χ4v) is 5.02. The lowest BCUT2D eigenvalue weighted by Crippen LogP contribution is -2.44. The summed E-state index contributed by atoms with van der Waals surface area (Å²) in [6, 6.07) is 8.32. The van der Waals surface area contributed by atoms with E-state index in [1.165, 1.54) is 31.0 Å². The molecule has 6 nitrogen and oxygen atoms in total. The zero-order valence-corrected chi connectivity index (χ0v) is 18.3. The molecule has 0 bridgehead atoms. The first-order valence-corrected chi connectivity index (χ1v) is 11.2. The molecule has 1 aliphatic carbocycles. The van der Waals surface area contributed by atoms with Crippen LogP contribution in [0.4, 0.5) is 0 Å². The molecule has 1 N–H and O–H groups in total. The number of amides is 1. The van der Waals surface area contributed by atoms with Crippen LogP contribution in [-0.2, 0) is 4.79 Å².